The Hall–Kier alpha value is -3.10. The second-order valence-corrected chi connectivity index (χ2v) is 8.68. The Balaban J connectivity index is 1.55. The third kappa shape index (κ3) is 4.03. The summed E-state index contributed by atoms with van der Waals surface area (Å²) in [6.45, 7) is 0.573. The molecule has 160 valence electrons. The van der Waals surface area contributed by atoms with Gasteiger partial charge in [0.25, 0.3) is 0 Å². The van der Waals surface area contributed by atoms with Crippen LogP contribution in [0.1, 0.15) is 29.1 Å². The predicted molar refractivity (Wildman–Crippen MR) is 127 cm³/mol. The van der Waals surface area contributed by atoms with Gasteiger partial charge in [0, 0.05) is 35.2 Å². The van der Waals surface area contributed by atoms with E-state index in [1.54, 1.807) is 18.5 Å². The Kier molecular flexibility index (Phi) is 5.71. The van der Waals surface area contributed by atoms with Gasteiger partial charge in [-0.2, -0.15) is 0 Å². The van der Waals surface area contributed by atoms with E-state index in [4.69, 9.17) is 16.6 Å². The van der Waals surface area contributed by atoms with E-state index in [0.29, 0.717) is 21.9 Å². The number of nitrogens with one attached hydrogen (secondary N) is 1. The summed E-state index contributed by atoms with van der Waals surface area (Å²) in [5.41, 5.74) is 2.69. The van der Waals surface area contributed by atoms with Crippen LogP contribution in [0.15, 0.2) is 88.1 Å². The summed E-state index contributed by atoms with van der Waals surface area (Å²) < 4.78 is 20.5. The quantitative estimate of drug-likeness (QED) is 0.343. The average molecular weight is 509 g/mol. The molecule has 1 fully saturated rings. The van der Waals surface area contributed by atoms with Crippen molar-refractivity contribution in [3.8, 4) is 11.3 Å². The van der Waals surface area contributed by atoms with Crippen LogP contribution in [0.2, 0.25) is 0 Å². The van der Waals surface area contributed by atoms with Crippen LogP contribution in [-0.2, 0) is 6.54 Å². The lowest BCUT2D eigenvalue weighted by Gasteiger charge is -2.26. The molecule has 1 aliphatic heterocycles. The molecule has 5 nitrogen and oxygen atoms in total. The molecule has 4 aromatic rings. The van der Waals surface area contributed by atoms with Gasteiger partial charge in [0.15, 0.2) is 5.11 Å². The van der Waals surface area contributed by atoms with Gasteiger partial charge in [0.2, 0.25) is 0 Å². The maximum absolute atomic E-state index is 13.6. The Morgan fingerprint density at radius 3 is 2.75 bits per heavy atom. The lowest BCUT2D eigenvalue weighted by Crippen LogP contribution is -2.29. The molecule has 1 aliphatic rings. The largest absolute Gasteiger partial charge is 0.459 e. The number of hydrogen-bond acceptors (Lipinski definition) is 4. The number of nitrogens with zero attached hydrogens (tertiary/aromatic N) is 3. The molecule has 0 aliphatic carbocycles. The van der Waals surface area contributed by atoms with Crippen molar-refractivity contribution in [3.63, 3.8) is 0 Å². The third-order valence-electron chi connectivity index (χ3n) is 5.39. The molecule has 0 amide bonds. The normalized spacial score (nSPS) is 18.1. The first-order valence-corrected chi connectivity index (χ1v) is 11.2. The van der Waals surface area contributed by atoms with Crippen LogP contribution in [0, 0.1) is 5.82 Å². The smallest absolute Gasteiger partial charge is 0.170 e. The van der Waals surface area contributed by atoms with Crippen molar-refractivity contribution in [2.45, 2.75) is 18.6 Å². The number of halogens is 2. The highest BCUT2D eigenvalue weighted by atomic mass is 79.9. The Bertz CT molecular complexity index is 1250. The van der Waals surface area contributed by atoms with Crippen LogP contribution in [-0.4, -0.2) is 20.0 Å². The van der Waals surface area contributed by atoms with E-state index in [0.717, 1.165) is 22.6 Å². The number of aromatic nitrogens is 2. The van der Waals surface area contributed by atoms with Gasteiger partial charge >= 0.3 is 0 Å². The van der Waals surface area contributed by atoms with Gasteiger partial charge in [0.05, 0.1) is 11.7 Å². The highest BCUT2D eigenvalue weighted by Crippen LogP contribution is 2.41. The van der Waals surface area contributed by atoms with Crippen LogP contribution in [0.5, 0.6) is 0 Å². The first-order chi connectivity index (χ1) is 15.6. The van der Waals surface area contributed by atoms with Crippen LogP contribution in [0.25, 0.3) is 11.3 Å². The topological polar surface area (TPSA) is 54.2 Å². The Morgan fingerprint density at radius 2 is 2.00 bits per heavy atom. The molecule has 3 aromatic heterocycles. The summed E-state index contributed by atoms with van der Waals surface area (Å²) in [6.07, 6.45) is 5.35. The highest BCUT2D eigenvalue weighted by molar-refractivity contribution is 9.10. The summed E-state index contributed by atoms with van der Waals surface area (Å²) in [5, 5.41) is 4.03. The van der Waals surface area contributed by atoms with Gasteiger partial charge in [-0.3, -0.25) is 9.97 Å². The van der Waals surface area contributed by atoms with Crippen molar-refractivity contribution in [1.29, 1.82) is 0 Å². The van der Waals surface area contributed by atoms with Gasteiger partial charge in [-0.05, 0) is 82.2 Å². The summed E-state index contributed by atoms with van der Waals surface area (Å²) >= 11 is 9.14. The molecule has 2 unspecified atom stereocenters. The second kappa shape index (κ2) is 8.80. The van der Waals surface area contributed by atoms with Gasteiger partial charge in [-0.15, -0.1) is 0 Å². The summed E-state index contributed by atoms with van der Waals surface area (Å²) in [6, 6.07) is 17.7. The molecule has 0 bridgehead atoms. The molecule has 0 saturated carbocycles. The Morgan fingerprint density at radius 1 is 1.09 bits per heavy atom. The molecule has 5 rings (SSSR count). The van der Waals surface area contributed by atoms with E-state index in [2.05, 4.69) is 36.1 Å². The fourth-order valence-corrected chi connectivity index (χ4v) is 4.77. The number of thiocarbonyl (C=S) groups is 1. The molecule has 1 saturated heterocycles. The van der Waals surface area contributed by atoms with Crippen LogP contribution in [0.4, 0.5) is 4.39 Å². The van der Waals surface area contributed by atoms with E-state index in [-0.39, 0.29) is 17.9 Å². The summed E-state index contributed by atoms with van der Waals surface area (Å²) in [5.74, 6) is 1.07. The van der Waals surface area contributed by atoms with Gasteiger partial charge in [0.1, 0.15) is 23.4 Å². The second-order valence-electron chi connectivity index (χ2n) is 7.44. The van der Waals surface area contributed by atoms with Crippen molar-refractivity contribution in [3.05, 3.63) is 107 Å². The van der Waals surface area contributed by atoms with E-state index in [1.807, 2.05) is 48.7 Å². The maximum Gasteiger partial charge on any atom is 0.170 e. The number of benzene rings is 1. The lowest BCUT2D eigenvalue weighted by atomic mass is 10.0. The molecule has 8 heteroatoms. The molecule has 0 spiro atoms. The standard InChI is InChI=1S/C24H18BrFN4OS/c25-18-12-16(26)6-7-17(18)20-8-9-21(31-20)23-22(19-5-1-2-11-28-19)29-24(32)30(23)14-15-4-3-10-27-13-15/h1-13,22-23H,14H2,(H,29,32). The van der Waals surface area contributed by atoms with Crippen LogP contribution in [0.3, 0.4) is 0 Å². The molecule has 1 aromatic carbocycles. The number of rotatable bonds is 5. The van der Waals surface area contributed by atoms with Gasteiger partial charge in [-0.1, -0.05) is 12.1 Å². The minimum Gasteiger partial charge on any atom is -0.459 e. The van der Waals surface area contributed by atoms with E-state index < -0.39 is 0 Å². The molecular weight excluding hydrogens is 491 g/mol. The first kappa shape index (κ1) is 20.8. The van der Waals surface area contributed by atoms with Gasteiger partial charge < -0.3 is 14.6 Å². The molecule has 1 N–H and O–H groups in total. The molecule has 2 atom stereocenters. The van der Waals surface area contributed by atoms with Crippen molar-refractivity contribution >= 4 is 33.3 Å². The van der Waals surface area contributed by atoms with Crippen LogP contribution >= 0.6 is 28.1 Å². The highest BCUT2D eigenvalue weighted by Gasteiger charge is 2.41. The number of pyridine rings is 2. The summed E-state index contributed by atoms with van der Waals surface area (Å²) in [4.78, 5) is 10.9. The maximum atomic E-state index is 13.6. The van der Waals surface area contributed by atoms with Crippen molar-refractivity contribution in [2.24, 2.45) is 0 Å². The minimum atomic E-state index is -0.310. The van der Waals surface area contributed by atoms with E-state index >= 15 is 0 Å². The zero-order valence-electron chi connectivity index (χ0n) is 16.8. The molecule has 4 heterocycles. The molecule has 0 radical (unpaired) electrons. The molecule has 32 heavy (non-hydrogen) atoms. The third-order valence-corrected chi connectivity index (χ3v) is 6.40. The minimum absolute atomic E-state index is 0.184. The zero-order valence-corrected chi connectivity index (χ0v) is 19.2. The summed E-state index contributed by atoms with van der Waals surface area (Å²) in [7, 11) is 0. The van der Waals surface area contributed by atoms with Gasteiger partial charge in [-0.25, -0.2) is 4.39 Å². The van der Waals surface area contributed by atoms with Crippen LogP contribution < -0.4 is 5.32 Å². The fourth-order valence-electron chi connectivity index (χ4n) is 3.92. The predicted octanol–water partition coefficient (Wildman–Crippen LogP) is 5.81. The average Bonchev–Trinajstić information content (AvgIpc) is 3.40. The Labute approximate surface area is 198 Å². The zero-order chi connectivity index (χ0) is 22.1. The van der Waals surface area contributed by atoms with Crippen molar-refractivity contribution in [2.75, 3.05) is 0 Å². The van der Waals surface area contributed by atoms with E-state index in [9.17, 15) is 4.39 Å². The molecular formula is C24H18BrFN4OS. The van der Waals surface area contributed by atoms with Crippen molar-refractivity contribution in [1.82, 2.24) is 20.2 Å². The monoisotopic (exact) mass is 508 g/mol. The van der Waals surface area contributed by atoms with E-state index in [1.165, 1.54) is 12.1 Å². The fraction of sp³-hybridized carbons (Fsp3) is 0.125. The number of hydrogen-bond donors (Lipinski definition) is 1. The first-order valence-electron chi connectivity index (χ1n) is 10.0. The number of furan rings is 1. The SMILES string of the molecule is Fc1ccc(-c2ccc(C3C(c4ccccn4)NC(=S)N3Cc3cccnc3)o2)c(Br)c1. The lowest BCUT2D eigenvalue weighted by molar-refractivity contribution is 0.269. The van der Waals surface area contributed by atoms with Crippen molar-refractivity contribution < 1.29 is 8.81 Å².